The van der Waals surface area contributed by atoms with E-state index in [-0.39, 0.29) is 6.54 Å². The molecule has 2 N–H and O–H groups in total. The fraction of sp³-hybridized carbons (Fsp3) is 0.222. The van der Waals surface area contributed by atoms with E-state index in [9.17, 15) is 9.18 Å². The Hall–Kier alpha value is -1.29. The molecule has 0 saturated carbocycles. The molecule has 0 fully saturated rings. The molecule has 0 atom stereocenters. The van der Waals surface area contributed by atoms with E-state index >= 15 is 0 Å². The average Bonchev–Trinajstić information content (AvgIpc) is 2.09. The summed E-state index contributed by atoms with van der Waals surface area (Å²) >= 11 is 5.79. The SMILES string of the molecule is Cc1cc(Cl)c(CNC(=O)O)cc1F. The van der Waals surface area contributed by atoms with Crippen LogP contribution in [-0.4, -0.2) is 11.2 Å². The minimum absolute atomic E-state index is 0.00532. The first kappa shape index (κ1) is 10.8. The molecule has 1 rings (SSSR count). The Bertz CT molecular complexity index is 368. The number of amides is 1. The van der Waals surface area contributed by atoms with Crippen molar-refractivity contribution >= 4 is 17.7 Å². The number of carbonyl (C=O) groups is 1. The molecule has 0 radical (unpaired) electrons. The monoisotopic (exact) mass is 217 g/mol. The van der Waals surface area contributed by atoms with E-state index in [0.717, 1.165) is 0 Å². The lowest BCUT2D eigenvalue weighted by atomic mass is 10.1. The van der Waals surface area contributed by atoms with Crippen LogP contribution >= 0.6 is 11.6 Å². The van der Waals surface area contributed by atoms with Gasteiger partial charge in [-0.3, -0.25) is 0 Å². The summed E-state index contributed by atoms with van der Waals surface area (Å²) in [6, 6.07) is 2.70. The predicted molar refractivity (Wildman–Crippen MR) is 51.0 cm³/mol. The molecule has 0 saturated heterocycles. The van der Waals surface area contributed by atoms with Gasteiger partial charge in [-0.1, -0.05) is 11.6 Å². The third-order valence-corrected chi connectivity index (χ3v) is 2.11. The summed E-state index contributed by atoms with van der Waals surface area (Å²) in [4.78, 5) is 10.2. The van der Waals surface area contributed by atoms with E-state index < -0.39 is 11.9 Å². The lowest BCUT2D eigenvalue weighted by Gasteiger charge is -2.06. The van der Waals surface area contributed by atoms with Crippen molar-refractivity contribution in [3.05, 3.63) is 34.1 Å². The third-order valence-electron chi connectivity index (χ3n) is 1.76. The first-order valence-electron chi connectivity index (χ1n) is 3.92. The summed E-state index contributed by atoms with van der Waals surface area (Å²) in [5, 5.41) is 10.8. The van der Waals surface area contributed by atoms with Crippen LogP contribution in [0.25, 0.3) is 0 Å². The first-order valence-corrected chi connectivity index (χ1v) is 4.30. The van der Waals surface area contributed by atoms with Gasteiger partial charge in [0.05, 0.1) is 0 Å². The quantitative estimate of drug-likeness (QED) is 0.800. The molecule has 0 unspecified atom stereocenters. The second-order valence-electron chi connectivity index (χ2n) is 2.85. The highest BCUT2D eigenvalue weighted by molar-refractivity contribution is 6.31. The summed E-state index contributed by atoms with van der Waals surface area (Å²) in [5.41, 5.74) is 0.867. The second-order valence-corrected chi connectivity index (χ2v) is 3.26. The predicted octanol–water partition coefficient (Wildman–Crippen LogP) is 2.56. The molecule has 1 aromatic carbocycles. The average molecular weight is 218 g/mol. The zero-order chi connectivity index (χ0) is 10.7. The van der Waals surface area contributed by atoms with E-state index in [1.54, 1.807) is 6.92 Å². The normalized spacial score (nSPS) is 9.93. The van der Waals surface area contributed by atoms with Crippen LogP contribution in [0.5, 0.6) is 0 Å². The maximum absolute atomic E-state index is 13.0. The van der Waals surface area contributed by atoms with E-state index in [0.29, 0.717) is 16.1 Å². The topological polar surface area (TPSA) is 49.3 Å². The van der Waals surface area contributed by atoms with Crippen molar-refractivity contribution in [2.75, 3.05) is 0 Å². The Morgan fingerprint density at radius 3 is 2.86 bits per heavy atom. The van der Waals surface area contributed by atoms with Crippen molar-refractivity contribution in [3.63, 3.8) is 0 Å². The lowest BCUT2D eigenvalue weighted by molar-refractivity contribution is 0.194. The summed E-state index contributed by atoms with van der Waals surface area (Å²) in [6.07, 6.45) is -1.16. The fourth-order valence-corrected chi connectivity index (χ4v) is 1.28. The molecule has 1 amide bonds. The van der Waals surface area contributed by atoms with Crippen LogP contribution < -0.4 is 5.32 Å². The maximum Gasteiger partial charge on any atom is 0.404 e. The number of hydrogen-bond donors (Lipinski definition) is 2. The van der Waals surface area contributed by atoms with Crippen molar-refractivity contribution in [2.24, 2.45) is 0 Å². The fourth-order valence-electron chi connectivity index (χ4n) is 0.994. The van der Waals surface area contributed by atoms with Gasteiger partial charge in [0.1, 0.15) is 5.82 Å². The van der Waals surface area contributed by atoms with Gasteiger partial charge in [-0.05, 0) is 30.2 Å². The van der Waals surface area contributed by atoms with Crippen molar-refractivity contribution < 1.29 is 14.3 Å². The molecule has 0 aromatic heterocycles. The third kappa shape index (κ3) is 2.60. The van der Waals surface area contributed by atoms with Crippen molar-refractivity contribution in [1.82, 2.24) is 5.32 Å². The molecule has 76 valence electrons. The molecule has 5 heteroatoms. The van der Waals surface area contributed by atoms with Crippen molar-refractivity contribution in [1.29, 1.82) is 0 Å². The van der Waals surface area contributed by atoms with Gasteiger partial charge in [0.2, 0.25) is 0 Å². The highest BCUT2D eigenvalue weighted by Gasteiger charge is 2.06. The van der Waals surface area contributed by atoms with Gasteiger partial charge >= 0.3 is 6.09 Å². The molecule has 3 nitrogen and oxygen atoms in total. The van der Waals surface area contributed by atoms with Gasteiger partial charge in [0, 0.05) is 11.6 Å². The maximum atomic E-state index is 13.0. The van der Waals surface area contributed by atoms with Gasteiger partial charge < -0.3 is 10.4 Å². The molecule has 1 aromatic rings. The molecule has 0 spiro atoms. The molecule has 14 heavy (non-hydrogen) atoms. The minimum Gasteiger partial charge on any atom is -0.465 e. The molecule has 0 aliphatic carbocycles. The van der Waals surface area contributed by atoms with Crippen LogP contribution in [0.1, 0.15) is 11.1 Å². The number of nitrogens with one attached hydrogen (secondary N) is 1. The number of benzene rings is 1. The number of hydrogen-bond acceptors (Lipinski definition) is 1. The Balaban J connectivity index is 2.87. The highest BCUT2D eigenvalue weighted by atomic mass is 35.5. The standard InChI is InChI=1S/C9H9ClFNO2/c1-5-2-7(10)6(3-8(5)11)4-12-9(13)14/h2-3,12H,4H2,1H3,(H,13,14). The number of rotatable bonds is 2. The van der Waals surface area contributed by atoms with Crippen LogP contribution in [0.15, 0.2) is 12.1 Å². The van der Waals surface area contributed by atoms with Gasteiger partial charge in [-0.2, -0.15) is 0 Å². The first-order chi connectivity index (χ1) is 6.50. The summed E-state index contributed by atoms with van der Waals surface area (Å²) in [5.74, 6) is -0.392. The Labute approximate surface area is 85.5 Å². The van der Waals surface area contributed by atoms with Crippen LogP contribution in [0.3, 0.4) is 0 Å². The molecular formula is C9H9ClFNO2. The summed E-state index contributed by atoms with van der Waals surface area (Å²) in [6.45, 7) is 1.60. The van der Waals surface area contributed by atoms with Crippen LogP contribution in [-0.2, 0) is 6.54 Å². The Morgan fingerprint density at radius 2 is 2.29 bits per heavy atom. The van der Waals surface area contributed by atoms with Gasteiger partial charge in [0.25, 0.3) is 0 Å². The summed E-state index contributed by atoms with van der Waals surface area (Å²) < 4.78 is 13.0. The van der Waals surface area contributed by atoms with Crippen LogP contribution in [0.2, 0.25) is 5.02 Å². The number of halogens is 2. The van der Waals surface area contributed by atoms with Crippen molar-refractivity contribution in [2.45, 2.75) is 13.5 Å². The van der Waals surface area contributed by atoms with Gasteiger partial charge in [-0.15, -0.1) is 0 Å². The molecule has 0 aliphatic heterocycles. The summed E-state index contributed by atoms with van der Waals surface area (Å²) in [7, 11) is 0. The molecule has 0 bridgehead atoms. The highest BCUT2D eigenvalue weighted by Crippen LogP contribution is 2.20. The van der Waals surface area contributed by atoms with E-state index in [4.69, 9.17) is 16.7 Å². The lowest BCUT2D eigenvalue weighted by Crippen LogP contribution is -2.20. The Kier molecular flexibility index (Phi) is 3.30. The van der Waals surface area contributed by atoms with Crippen LogP contribution in [0, 0.1) is 12.7 Å². The van der Waals surface area contributed by atoms with E-state index in [1.807, 2.05) is 0 Å². The largest absolute Gasteiger partial charge is 0.465 e. The van der Waals surface area contributed by atoms with Gasteiger partial charge in [-0.25, -0.2) is 9.18 Å². The van der Waals surface area contributed by atoms with Gasteiger partial charge in [0.15, 0.2) is 0 Å². The van der Waals surface area contributed by atoms with E-state index in [1.165, 1.54) is 12.1 Å². The zero-order valence-electron chi connectivity index (χ0n) is 7.47. The second kappa shape index (κ2) is 4.28. The Morgan fingerprint density at radius 1 is 1.64 bits per heavy atom. The van der Waals surface area contributed by atoms with Crippen molar-refractivity contribution in [3.8, 4) is 0 Å². The smallest absolute Gasteiger partial charge is 0.404 e. The molecule has 0 aliphatic rings. The number of carboxylic acid groups (broad SMARTS) is 1. The van der Waals surface area contributed by atoms with E-state index in [2.05, 4.69) is 5.32 Å². The zero-order valence-corrected chi connectivity index (χ0v) is 8.23. The molecular weight excluding hydrogens is 209 g/mol. The number of aryl methyl sites for hydroxylation is 1. The van der Waals surface area contributed by atoms with Crippen LogP contribution in [0.4, 0.5) is 9.18 Å². The molecule has 0 heterocycles. The minimum atomic E-state index is -1.16.